The van der Waals surface area contributed by atoms with Crippen LogP contribution in [0.15, 0.2) is 42.5 Å². The number of benzene rings is 2. The smallest absolute Gasteiger partial charge is 0.360 e. The monoisotopic (exact) mass is 304 g/mol. The first-order chi connectivity index (χ1) is 10.5. The Bertz CT molecular complexity index is 746. The second-order valence-electron chi connectivity index (χ2n) is 6.01. The molecule has 0 amide bonds. The van der Waals surface area contributed by atoms with Gasteiger partial charge in [0.2, 0.25) is 5.60 Å². The number of hydrogen-bond donors (Lipinski definition) is 0. The van der Waals surface area contributed by atoms with E-state index in [0.29, 0.717) is 17.0 Å². The molecule has 1 nitrogen and oxygen atoms in total. The molecule has 114 valence electrons. The maximum atomic E-state index is 14.0. The highest BCUT2D eigenvalue weighted by molar-refractivity contribution is 5.81. The molecule has 0 heterocycles. The fourth-order valence-corrected chi connectivity index (χ4v) is 3.57. The minimum atomic E-state index is -4.51. The number of fused-ring (bicyclic) bond motifs is 3. The Morgan fingerprint density at radius 3 is 2.32 bits per heavy atom. The van der Waals surface area contributed by atoms with Crippen LogP contribution in [-0.4, -0.2) is 13.3 Å². The van der Waals surface area contributed by atoms with E-state index in [-0.39, 0.29) is 11.1 Å². The summed E-state index contributed by atoms with van der Waals surface area (Å²) in [5.74, 6) is 0.400. The lowest BCUT2D eigenvalue weighted by Gasteiger charge is -2.32. The van der Waals surface area contributed by atoms with E-state index in [1.807, 2.05) is 12.1 Å². The molecule has 4 heteroatoms. The third-order valence-electron chi connectivity index (χ3n) is 4.77. The number of ether oxygens (including phenoxy) is 1. The minimum Gasteiger partial charge on any atom is -0.360 e. The van der Waals surface area contributed by atoms with Gasteiger partial charge in [-0.3, -0.25) is 0 Å². The van der Waals surface area contributed by atoms with E-state index in [9.17, 15) is 13.2 Å². The number of rotatable bonds is 2. The highest BCUT2D eigenvalue weighted by Gasteiger charge is 2.62. The van der Waals surface area contributed by atoms with Gasteiger partial charge < -0.3 is 4.74 Å². The quantitative estimate of drug-likeness (QED) is 0.759. The van der Waals surface area contributed by atoms with E-state index in [1.165, 1.54) is 6.07 Å². The molecule has 0 N–H and O–H groups in total. The van der Waals surface area contributed by atoms with Crippen LogP contribution in [0.2, 0.25) is 0 Å². The largest absolute Gasteiger partial charge is 0.426 e. The van der Waals surface area contributed by atoms with Crippen molar-refractivity contribution in [2.45, 2.75) is 30.5 Å². The molecule has 1 unspecified atom stereocenters. The summed E-state index contributed by atoms with van der Waals surface area (Å²) in [6.45, 7) is 0. The van der Waals surface area contributed by atoms with Crippen LogP contribution in [-0.2, 0) is 10.3 Å². The van der Waals surface area contributed by atoms with Crippen LogP contribution >= 0.6 is 0 Å². The van der Waals surface area contributed by atoms with Crippen LogP contribution in [0.3, 0.4) is 0 Å². The van der Waals surface area contributed by atoms with Gasteiger partial charge in [0, 0.05) is 18.2 Å². The normalized spacial score (nSPS) is 23.3. The molecule has 0 spiro atoms. The molecule has 0 bridgehead atoms. The van der Waals surface area contributed by atoms with Crippen molar-refractivity contribution in [2.24, 2.45) is 0 Å². The molecule has 2 aliphatic rings. The van der Waals surface area contributed by atoms with Gasteiger partial charge in [-0.1, -0.05) is 42.5 Å². The molecule has 0 aliphatic heterocycles. The number of hydrogen-bond acceptors (Lipinski definition) is 1. The van der Waals surface area contributed by atoms with Crippen molar-refractivity contribution < 1.29 is 17.9 Å². The summed E-state index contributed by atoms with van der Waals surface area (Å²) in [6, 6.07) is 12.1. The molecule has 0 aromatic heterocycles. The van der Waals surface area contributed by atoms with Crippen molar-refractivity contribution in [2.75, 3.05) is 7.11 Å². The Kier molecular flexibility index (Phi) is 2.74. The lowest BCUT2D eigenvalue weighted by Crippen LogP contribution is -2.43. The van der Waals surface area contributed by atoms with E-state index in [4.69, 9.17) is 4.74 Å². The molecule has 2 aromatic carbocycles. The van der Waals surface area contributed by atoms with E-state index in [0.717, 1.165) is 25.5 Å². The van der Waals surface area contributed by atoms with Crippen LogP contribution in [0.5, 0.6) is 0 Å². The van der Waals surface area contributed by atoms with Crippen molar-refractivity contribution in [3.8, 4) is 11.1 Å². The predicted molar refractivity (Wildman–Crippen MR) is 77.7 cm³/mol. The van der Waals surface area contributed by atoms with Gasteiger partial charge in [-0.25, -0.2) is 0 Å². The zero-order valence-corrected chi connectivity index (χ0v) is 12.1. The Balaban J connectivity index is 2.04. The molecule has 1 atom stereocenters. The van der Waals surface area contributed by atoms with Crippen LogP contribution in [0, 0.1) is 0 Å². The average molecular weight is 304 g/mol. The van der Waals surface area contributed by atoms with E-state index in [1.54, 1.807) is 24.3 Å². The molecule has 22 heavy (non-hydrogen) atoms. The zero-order valence-electron chi connectivity index (χ0n) is 12.1. The van der Waals surface area contributed by atoms with Gasteiger partial charge in [0.05, 0.1) is 0 Å². The van der Waals surface area contributed by atoms with Crippen LogP contribution < -0.4 is 0 Å². The Hall–Kier alpha value is -1.81. The van der Waals surface area contributed by atoms with E-state index < -0.39 is 11.8 Å². The predicted octanol–water partition coefficient (Wildman–Crippen LogP) is 5.00. The molecule has 0 saturated heterocycles. The first-order valence-electron chi connectivity index (χ1n) is 7.35. The van der Waals surface area contributed by atoms with Gasteiger partial charge >= 0.3 is 6.18 Å². The summed E-state index contributed by atoms with van der Waals surface area (Å²) in [6.07, 6.45) is -2.40. The molecule has 4 rings (SSSR count). The van der Waals surface area contributed by atoms with Gasteiger partial charge in [-0.15, -0.1) is 0 Å². The average Bonchev–Trinajstić information content (AvgIpc) is 3.29. The molecule has 2 aliphatic carbocycles. The molecular formula is C18H15F3O. The molecular weight excluding hydrogens is 289 g/mol. The Labute approximate surface area is 126 Å². The number of methoxy groups -OCH3 is 1. The summed E-state index contributed by atoms with van der Waals surface area (Å²) >= 11 is 0. The van der Waals surface area contributed by atoms with E-state index in [2.05, 4.69) is 0 Å². The summed E-state index contributed by atoms with van der Waals surface area (Å²) < 4.78 is 47.1. The standard InChI is InChI=1S/C18H15F3O/c1-22-17(18(19,20)21)15-5-3-2-4-13(15)14-9-8-12(10-16(14)17)11-6-7-11/h2-5,8-11H,6-7H2,1H3. The van der Waals surface area contributed by atoms with Crippen molar-refractivity contribution in [1.29, 1.82) is 0 Å². The van der Waals surface area contributed by atoms with Crippen LogP contribution in [0.25, 0.3) is 11.1 Å². The van der Waals surface area contributed by atoms with Gasteiger partial charge in [-0.05, 0) is 35.4 Å². The third-order valence-corrected chi connectivity index (χ3v) is 4.77. The van der Waals surface area contributed by atoms with E-state index >= 15 is 0 Å². The first kappa shape index (κ1) is 13.8. The second kappa shape index (κ2) is 4.35. The summed E-state index contributed by atoms with van der Waals surface area (Å²) in [5.41, 5.74) is 0.278. The first-order valence-corrected chi connectivity index (χ1v) is 7.35. The topological polar surface area (TPSA) is 9.23 Å². The van der Waals surface area contributed by atoms with Crippen molar-refractivity contribution in [1.82, 2.24) is 0 Å². The van der Waals surface area contributed by atoms with Gasteiger partial charge in [0.1, 0.15) is 0 Å². The lowest BCUT2D eigenvalue weighted by molar-refractivity contribution is -0.256. The Morgan fingerprint density at radius 2 is 1.68 bits per heavy atom. The maximum absolute atomic E-state index is 14.0. The highest BCUT2D eigenvalue weighted by Crippen LogP contribution is 2.57. The molecule has 2 aromatic rings. The van der Waals surface area contributed by atoms with Crippen molar-refractivity contribution >= 4 is 0 Å². The zero-order chi connectivity index (χ0) is 15.5. The summed E-state index contributed by atoms with van der Waals surface area (Å²) in [7, 11) is 1.14. The van der Waals surface area contributed by atoms with Crippen LogP contribution in [0.1, 0.15) is 35.4 Å². The van der Waals surface area contributed by atoms with Gasteiger partial charge in [0.25, 0.3) is 0 Å². The fraction of sp³-hybridized carbons (Fsp3) is 0.333. The molecule has 1 saturated carbocycles. The van der Waals surface area contributed by atoms with Crippen LogP contribution in [0.4, 0.5) is 13.2 Å². The SMILES string of the molecule is COC1(C(F)(F)F)c2ccccc2-c2ccc(C3CC3)cc21. The number of alkyl halides is 3. The maximum Gasteiger partial charge on any atom is 0.426 e. The van der Waals surface area contributed by atoms with Crippen molar-refractivity contribution in [3.63, 3.8) is 0 Å². The third kappa shape index (κ3) is 1.64. The highest BCUT2D eigenvalue weighted by atomic mass is 19.4. The van der Waals surface area contributed by atoms with Gasteiger partial charge in [-0.2, -0.15) is 13.2 Å². The van der Waals surface area contributed by atoms with Crippen molar-refractivity contribution in [3.05, 3.63) is 59.2 Å². The number of halogens is 3. The minimum absolute atomic E-state index is 0.188. The summed E-state index contributed by atoms with van der Waals surface area (Å²) in [4.78, 5) is 0. The molecule has 0 radical (unpaired) electrons. The summed E-state index contributed by atoms with van der Waals surface area (Å²) in [5, 5.41) is 0. The fourth-order valence-electron chi connectivity index (χ4n) is 3.57. The van der Waals surface area contributed by atoms with Gasteiger partial charge in [0.15, 0.2) is 0 Å². The lowest BCUT2D eigenvalue weighted by atomic mass is 9.89. The second-order valence-corrected chi connectivity index (χ2v) is 6.01. The molecule has 1 fully saturated rings. The Morgan fingerprint density at radius 1 is 1.00 bits per heavy atom.